The third kappa shape index (κ3) is 4.97. The Balaban J connectivity index is 1.23. The molecule has 0 bridgehead atoms. The molecule has 1 aliphatic rings. The number of carbonyl (C=O) groups is 2. The first-order valence-electron chi connectivity index (χ1n) is 11.5. The van der Waals surface area contributed by atoms with Gasteiger partial charge in [-0.3, -0.25) is 19.8 Å². The zero-order valence-corrected chi connectivity index (χ0v) is 22.9. The van der Waals surface area contributed by atoms with Gasteiger partial charge in [0.25, 0.3) is 11.8 Å². The number of para-hydroxylation sites is 1. The van der Waals surface area contributed by atoms with Gasteiger partial charge in [0.1, 0.15) is 17.1 Å². The molecule has 1 saturated heterocycles. The van der Waals surface area contributed by atoms with Gasteiger partial charge in [-0.15, -0.1) is 34.0 Å². The van der Waals surface area contributed by atoms with Crippen LogP contribution in [0.2, 0.25) is 0 Å². The van der Waals surface area contributed by atoms with Gasteiger partial charge in [0.2, 0.25) is 0 Å². The molecule has 4 heterocycles. The van der Waals surface area contributed by atoms with Crippen LogP contribution < -0.4 is 15.0 Å². The Morgan fingerprint density at radius 1 is 0.737 bits per heavy atom. The Bertz CT molecular complexity index is 1670. The minimum atomic E-state index is -0.508. The molecular formula is C29H18N2O3S4. The monoisotopic (exact) mass is 570 g/mol. The minimum Gasteiger partial charge on any atom is -0.457 e. The summed E-state index contributed by atoms with van der Waals surface area (Å²) < 4.78 is 5.84. The zero-order chi connectivity index (χ0) is 26.1. The predicted molar refractivity (Wildman–Crippen MR) is 160 cm³/mol. The lowest BCUT2D eigenvalue weighted by atomic mass is 10.1. The van der Waals surface area contributed by atoms with Gasteiger partial charge in [0.15, 0.2) is 5.11 Å². The third-order valence-electron chi connectivity index (χ3n) is 5.70. The van der Waals surface area contributed by atoms with E-state index < -0.39 is 11.8 Å². The summed E-state index contributed by atoms with van der Waals surface area (Å²) in [5, 5.41) is 4.76. The fraction of sp³-hybridized carbons (Fsp3) is 0. The summed E-state index contributed by atoms with van der Waals surface area (Å²) in [4.78, 5) is 33.0. The molecule has 0 radical (unpaired) electrons. The SMILES string of the molecule is O=C1NC(=S)N(c2ccc(Oc3ccccc3)cc2)C(=O)/C1=C/c1ccc(-c2ccc(-c3cccs3)s2)s1. The van der Waals surface area contributed by atoms with E-state index in [9.17, 15) is 9.59 Å². The number of rotatable bonds is 6. The van der Waals surface area contributed by atoms with Gasteiger partial charge in [0.05, 0.1) is 5.69 Å². The van der Waals surface area contributed by atoms with E-state index in [0.717, 1.165) is 14.6 Å². The van der Waals surface area contributed by atoms with E-state index in [1.54, 1.807) is 53.0 Å². The van der Waals surface area contributed by atoms with Gasteiger partial charge >= 0.3 is 0 Å². The highest BCUT2D eigenvalue weighted by molar-refractivity contribution is 7.80. The molecule has 0 unspecified atom stereocenters. The maximum Gasteiger partial charge on any atom is 0.270 e. The van der Waals surface area contributed by atoms with E-state index in [0.29, 0.717) is 17.2 Å². The van der Waals surface area contributed by atoms with Crippen LogP contribution in [0.1, 0.15) is 4.88 Å². The van der Waals surface area contributed by atoms with Crippen molar-refractivity contribution >= 4 is 74.9 Å². The van der Waals surface area contributed by atoms with Crippen molar-refractivity contribution in [3.05, 3.63) is 107 Å². The van der Waals surface area contributed by atoms with Gasteiger partial charge in [-0.25, -0.2) is 0 Å². The highest BCUT2D eigenvalue weighted by Gasteiger charge is 2.34. The number of amides is 2. The van der Waals surface area contributed by atoms with E-state index >= 15 is 0 Å². The molecule has 9 heteroatoms. The van der Waals surface area contributed by atoms with Gasteiger partial charge in [-0.2, -0.15) is 0 Å². The lowest BCUT2D eigenvalue weighted by Gasteiger charge is -2.28. The maximum absolute atomic E-state index is 13.4. The first-order valence-corrected chi connectivity index (χ1v) is 14.5. The molecule has 3 aromatic heterocycles. The van der Waals surface area contributed by atoms with E-state index in [1.807, 2.05) is 48.5 Å². The molecule has 1 fully saturated rings. The second kappa shape index (κ2) is 10.5. The summed E-state index contributed by atoms with van der Waals surface area (Å²) in [6, 6.07) is 28.7. The minimum absolute atomic E-state index is 0.0297. The predicted octanol–water partition coefficient (Wildman–Crippen LogP) is 7.83. The van der Waals surface area contributed by atoms with Gasteiger partial charge in [0, 0.05) is 24.4 Å². The Hall–Kier alpha value is -3.89. The van der Waals surface area contributed by atoms with Gasteiger partial charge in [-0.05, 0) is 90.4 Å². The Morgan fingerprint density at radius 2 is 1.42 bits per heavy atom. The van der Waals surface area contributed by atoms with Crippen LogP contribution in [0.25, 0.3) is 25.6 Å². The van der Waals surface area contributed by atoms with Crippen LogP contribution in [0, 0.1) is 0 Å². The number of nitrogens with zero attached hydrogens (tertiary/aromatic N) is 1. The van der Waals surface area contributed by atoms with Crippen molar-refractivity contribution in [3.8, 4) is 31.0 Å². The van der Waals surface area contributed by atoms with Crippen molar-refractivity contribution in [1.82, 2.24) is 5.32 Å². The van der Waals surface area contributed by atoms with Crippen molar-refractivity contribution in [2.75, 3.05) is 4.90 Å². The molecule has 0 saturated carbocycles. The molecular weight excluding hydrogens is 553 g/mol. The quantitative estimate of drug-likeness (QED) is 0.128. The number of hydrogen-bond donors (Lipinski definition) is 1. The highest BCUT2D eigenvalue weighted by Crippen LogP contribution is 2.39. The molecule has 5 aromatic rings. The average molecular weight is 571 g/mol. The molecule has 0 atom stereocenters. The van der Waals surface area contributed by atoms with Crippen LogP contribution >= 0.6 is 46.2 Å². The number of nitrogens with one attached hydrogen (secondary N) is 1. The smallest absolute Gasteiger partial charge is 0.270 e. The number of thiophene rings is 3. The standard InChI is InChI=1S/C29H18N2O3S4/c32-27-22(17-21-12-13-25(37-21)26-15-14-24(38-26)23-7-4-16-36-23)28(33)31(29(35)30-27)18-8-10-20(11-9-18)34-19-5-2-1-3-6-19/h1-17H,(H,30,32,35)/b22-17+. The second-order valence-corrected chi connectivity index (χ2v) is 11.7. The number of ether oxygens (including phenoxy) is 1. The van der Waals surface area contributed by atoms with Gasteiger partial charge < -0.3 is 4.74 Å². The number of carbonyl (C=O) groups excluding carboxylic acids is 2. The molecule has 2 amide bonds. The second-order valence-electron chi connectivity index (χ2n) is 8.21. The number of thiocarbonyl (C=S) groups is 1. The lowest BCUT2D eigenvalue weighted by Crippen LogP contribution is -2.54. The number of benzene rings is 2. The molecule has 5 nitrogen and oxygen atoms in total. The van der Waals surface area contributed by atoms with Crippen molar-refractivity contribution < 1.29 is 14.3 Å². The summed E-state index contributed by atoms with van der Waals surface area (Å²) in [6.07, 6.45) is 1.63. The molecule has 186 valence electrons. The van der Waals surface area contributed by atoms with Crippen LogP contribution in [0.15, 0.2) is 102 Å². The van der Waals surface area contributed by atoms with Gasteiger partial charge in [-0.1, -0.05) is 24.3 Å². The molecule has 0 spiro atoms. The maximum atomic E-state index is 13.4. The first kappa shape index (κ1) is 24.4. The third-order valence-corrected chi connectivity index (χ3v) is 9.37. The lowest BCUT2D eigenvalue weighted by molar-refractivity contribution is -0.122. The van der Waals surface area contributed by atoms with Crippen molar-refractivity contribution in [2.24, 2.45) is 0 Å². The van der Waals surface area contributed by atoms with E-state index in [2.05, 4.69) is 28.9 Å². The average Bonchev–Trinajstić information content (AvgIpc) is 3.70. The number of anilines is 1. The van der Waals surface area contributed by atoms with E-state index in [-0.39, 0.29) is 10.7 Å². The first-order chi connectivity index (χ1) is 18.5. The van der Waals surface area contributed by atoms with Crippen molar-refractivity contribution in [2.45, 2.75) is 0 Å². The normalized spacial score (nSPS) is 14.7. The molecule has 2 aromatic carbocycles. The summed E-state index contributed by atoms with van der Waals surface area (Å²) in [7, 11) is 0. The molecule has 38 heavy (non-hydrogen) atoms. The van der Waals surface area contributed by atoms with Crippen LogP contribution in [0.3, 0.4) is 0 Å². The fourth-order valence-electron chi connectivity index (χ4n) is 3.91. The molecule has 1 N–H and O–H groups in total. The Kier molecular flexibility index (Phi) is 6.73. The molecule has 6 rings (SSSR count). The Morgan fingerprint density at radius 3 is 2.16 bits per heavy atom. The van der Waals surface area contributed by atoms with Crippen LogP contribution in [-0.2, 0) is 9.59 Å². The number of hydrogen-bond acceptors (Lipinski definition) is 7. The fourth-order valence-corrected chi connectivity index (χ4v) is 7.07. The van der Waals surface area contributed by atoms with E-state index in [1.165, 1.54) is 26.0 Å². The molecule has 1 aliphatic heterocycles. The van der Waals surface area contributed by atoms with Crippen molar-refractivity contribution in [3.63, 3.8) is 0 Å². The summed E-state index contributed by atoms with van der Waals surface area (Å²) >= 11 is 10.3. The van der Waals surface area contributed by atoms with Crippen LogP contribution in [-0.4, -0.2) is 16.9 Å². The van der Waals surface area contributed by atoms with Crippen molar-refractivity contribution in [1.29, 1.82) is 0 Å². The highest BCUT2D eigenvalue weighted by atomic mass is 32.1. The topological polar surface area (TPSA) is 58.6 Å². The summed E-state index contributed by atoms with van der Waals surface area (Å²) in [5.41, 5.74) is 0.569. The largest absolute Gasteiger partial charge is 0.457 e. The van der Waals surface area contributed by atoms with Crippen LogP contribution in [0.5, 0.6) is 11.5 Å². The summed E-state index contributed by atoms with van der Waals surface area (Å²) in [6.45, 7) is 0. The zero-order valence-electron chi connectivity index (χ0n) is 19.6. The summed E-state index contributed by atoms with van der Waals surface area (Å²) in [5.74, 6) is 0.354. The van der Waals surface area contributed by atoms with E-state index in [4.69, 9.17) is 17.0 Å². The Labute approximate surface area is 236 Å². The van der Waals surface area contributed by atoms with Crippen LogP contribution in [0.4, 0.5) is 5.69 Å². The molecule has 0 aliphatic carbocycles.